The molecule has 1 fully saturated rings. The number of nitrogens with zero attached hydrogens (tertiary/aromatic N) is 1. The average Bonchev–Trinajstić information content (AvgIpc) is 2.95. The van der Waals surface area contributed by atoms with Crippen LogP contribution in [0.25, 0.3) is 0 Å². The Balaban J connectivity index is 1.97. The van der Waals surface area contributed by atoms with Crippen molar-refractivity contribution in [3.05, 3.63) is 16.6 Å². The number of ether oxygens (including phenoxy) is 1. The molecular formula is C13H22N2OS. The van der Waals surface area contributed by atoms with Gasteiger partial charge in [-0.15, -0.1) is 11.3 Å². The highest BCUT2D eigenvalue weighted by molar-refractivity contribution is 7.09. The van der Waals surface area contributed by atoms with E-state index < -0.39 is 0 Å². The van der Waals surface area contributed by atoms with Crippen LogP contribution < -0.4 is 5.32 Å². The van der Waals surface area contributed by atoms with Crippen LogP contribution in [0.15, 0.2) is 11.7 Å². The maximum absolute atomic E-state index is 5.69. The normalized spacial score (nSPS) is 26.2. The molecule has 1 aromatic heterocycles. The lowest BCUT2D eigenvalue weighted by atomic mass is 9.91. The van der Waals surface area contributed by atoms with Crippen molar-refractivity contribution in [3.8, 4) is 0 Å². The van der Waals surface area contributed by atoms with Gasteiger partial charge in [-0.3, -0.25) is 4.98 Å². The van der Waals surface area contributed by atoms with E-state index in [0.29, 0.717) is 18.1 Å². The minimum absolute atomic E-state index is 0.386. The van der Waals surface area contributed by atoms with Crippen LogP contribution in [0.1, 0.15) is 31.6 Å². The summed E-state index contributed by atoms with van der Waals surface area (Å²) in [4.78, 5) is 5.53. The molecule has 96 valence electrons. The van der Waals surface area contributed by atoms with Crippen LogP contribution in [-0.2, 0) is 11.2 Å². The minimum Gasteiger partial charge on any atom is -0.378 e. The predicted octanol–water partition coefficient (Wildman–Crippen LogP) is 2.48. The highest BCUT2D eigenvalue weighted by Gasteiger charge is 2.31. The summed E-state index contributed by atoms with van der Waals surface area (Å²) >= 11 is 1.75. The summed E-state index contributed by atoms with van der Waals surface area (Å²) in [5, 5.41) is 3.68. The summed E-state index contributed by atoms with van der Waals surface area (Å²) in [5.41, 5.74) is 1.92. The molecule has 0 aliphatic carbocycles. The molecule has 2 rings (SSSR count). The first-order valence-electron chi connectivity index (χ1n) is 6.53. The average molecular weight is 254 g/mol. The Bertz CT molecular complexity index is 315. The van der Waals surface area contributed by atoms with Gasteiger partial charge in [0.25, 0.3) is 0 Å². The zero-order chi connectivity index (χ0) is 12.1. The maximum atomic E-state index is 5.69. The molecule has 1 N–H and O–H groups in total. The standard InChI is InChI=1S/C13H22N2OS/c1-3-5-15-13(7-11-8-14-9-17-11)12-4-6-16-10(12)2/h8-10,12-13,15H,3-7H2,1-2H3. The van der Waals surface area contributed by atoms with Gasteiger partial charge in [-0.1, -0.05) is 6.92 Å². The van der Waals surface area contributed by atoms with Crippen LogP contribution in [-0.4, -0.2) is 30.3 Å². The largest absolute Gasteiger partial charge is 0.378 e. The van der Waals surface area contributed by atoms with Gasteiger partial charge < -0.3 is 10.1 Å². The van der Waals surface area contributed by atoms with Crippen LogP contribution in [0.4, 0.5) is 0 Å². The van der Waals surface area contributed by atoms with Crippen molar-refractivity contribution in [2.75, 3.05) is 13.2 Å². The fourth-order valence-corrected chi connectivity index (χ4v) is 3.20. The van der Waals surface area contributed by atoms with Crippen LogP contribution in [0.5, 0.6) is 0 Å². The number of hydrogen-bond acceptors (Lipinski definition) is 4. The Morgan fingerprint density at radius 2 is 2.53 bits per heavy atom. The van der Waals surface area contributed by atoms with Crippen molar-refractivity contribution >= 4 is 11.3 Å². The molecule has 3 nitrogen and oxygen atoms in total. The molecule has 2 heterocycles. The summed E-state index contributed by atoms with van der Waals surface area (Å²) in [5.74, 6) is 0.642. The van der Waals surface area contributed by atoms with Gasteiger partial charge in [-0.05, 0) is 32.7 Å². The Kier molecular flexibility index (Phi) is 4.95. The molecule has 3 unspecified atom stereocenters. The Hall–Kier alpha value is -0.450. The van der Waals surface area contributed by atoms with E-state index in [2.05, 4.69) is 24.1 Å². The first kappa shape index (κ1) is 13.0. The molecule has 1 saturated heterocycles. The first-order chi connectivity index (χ1) is 8.31. The van der Waals surface area contributed by atoms with Crippen molar-refractivity contribution in [2.45, 2.75) is 45.3 Å². The summed E-state index contributed by atoms with van der Waals surface area (Å²) in [6.07, 6.45) is 5.83. The summed E-state index contributed by atoms with van der Waals surface area (Å²) < 4.78 is 5.69. The van der Waals surface area contributed by atoms with Gasteiger partial charge in [0.1, 0.15) is 0 Å². The van der Waals surface area contributed by atoms with E-state index in [-0.39, 0.29) is 0 Å². The van der Waals surface area contributed by atoms with Crippen molar-refractivity contribution < 1.29 is 4.74 Å². The number of rotatable bonds is 6. The molecule has 3 atom stereocenters. The molecule has 0 bridgehead atoms. The van der Waals surface area contributed by atoms with E-state index >= 15 is 0 Å². The fraction of sp³-hybridized carbons (Fsp3) is 0.769. The highest BCUT2D eigenvalue weighted by Crippen LogP contribution is 2.26. The SMILES string of the molecule is CCCNC(Cc1cncs1)C1CCOC1C. The van der Waals surface area contributed by atoms with Gasteiger partial charge in [-0.2, -0.15) is 0 Å². The van der Waals surface area contributed by atoms with E-state index in [1.54, 1.807) is 11.3 Å². The molecule has 0 aromatic carbocycles. The zero-order valence-electron chi connectivity index (χ0n) is 10.7. The molecular weight excluding hydrogens is 232 g/mol. The molecule has 1 aromatic rings. The van der Waals surface area contributed by atoms with Gasteiger partial charge in [0, 0.05) is 29.6 Å². The summed E-state index contributed by atoms with van der Waals surface area (Å²) in [6, 6.07) is 0.535. The second kappa shape index (κ2) is 6.47. The van der Waals surface area contributed by atoms with E-state index in [1.807, 2.05) is 11.7 Å². The third-order valence-corrected chi connectivity index (χ3v) is 4.31. The van der Waals surface area contributed by atoms with E-state index in [4.69, 9.17) is 4.74 Å². The molecule has 0 spiro atoms. The molecule has 0 amide bonds. The fourth-order valence-electron chi connectivity index (χ4n) is 2.54. The topological polar surface area (TPSA) is 34.2 Å². The smallest absolute Gasteiger partial charge is 0.0794 e. The number of hydrogen-bond donors (Lipinski definition) is 1. The zero-order valence-corrected chi connectivity index (χ0v) is 11.5. The molecule has 1 aliphatic heterocycles. The van der Waals surface area contributed by atoms with Crippen LogP contribution >= 0.6 is 11.3 Å². The lowest BCUT2D eigenvalue weighted by Crippen LogP contribution is -2.41. The van der Waals surface area contributed by atoms with Crippen molar-refractivity contribution in [3.63, 3.8) is 0 Å². The Morgan fingerprint density at radius 1 is 1.65 bits per heavy atom. The van der Waals surface area contributed by atoms with Crippen molar-refractivity contribution in [2.24, 2.45) is 5.92 Å². The highest BCUT2D eigenvalue weighted by atomic mass is 32.1. The van der Waals surface area contributed by atoms with Crippen molar-refractivity contribution in [1.82, 2.24) is 10.3 Å². The van der Waals surface area contributed by atoms with E-state index in [1.165, 1.54) is 17.7 Å². The van der Waals surface area contributed by atoms with Crippen LogP contribution in [0.3, 0.4) is 0 Å². The lowest BCUT2D eigenvalue weighted by Gasteiger charge is -2.26. The monoisotopic (exact) mass is 254 g/mol. The third kappa shape index (κ3) is 3.50. The van der Waals surface area contributed by atoms with Gasteiger partial charge in [0.2, 0.25) is 0 Å². The van der Waals surface area contributed by atoms with Gasteiger partial charge in [0.15, 0.2) is 0 Å². The van der Waals surface area contributed by atoms with Crippen LogP contribution in [0.2, 0.25) is 0 Å². The van der Waals surface area contributed by atoms with Crippen molar-refractivity contribution in [1.29, 1.82) is 0 Å². The Morgan fingerprint density at radius 3 is 3.12 bits per heavy atom. The van der Waals surface area contributed by atoms with E-state index in [0.717, 1.165) is 19.6 Å². The number of thiazole rings is 1. The first-order valence-corrected chi connectivity index (χ1v) is 7.41. The predicted molar refractivity (Wildman–Crippen MR) is 71.4 cm³/mol. The Labute approximate surface area is 108 Å². The minimum atomic E-state index is 0.386. The third-order valence-electron chi connectivity index (χ3n) is 3.51. The second-order valence-electron chi connectivity index (χ2n) is 4.76. The molecule has 17 heavy (non-hydrogen) atoms. The molecule has 0 radical (unpaired) electrons. The molecule has 4 heteroatoms. The van der Waals surface area contributed by atoms with Gasteiger partial charge in [-0.25, -0.2) is 0 Å². The van der Waals surface area contributed by atoms with Gasteiger partial charge >= 0.3 is 0 Å². The second-order valence-corrected chi connectivity index (χ2v) is 5.73. The van der Waals surface area contributed by atoms with Crippen LogP contribution in [0, 0.1) is 5.92 Å². The van der Waals surface area contributed by atoms with Gasteiger partial charge in [0.05, 0.1) is 11.6 Å². The van der Waals surface area contributed by atoms with E-state index in [9.17, 15) is 0 Å². The molecule has 0 saturated carbocycles. The summed E-state index contributed by atoms with van der Waals surface area (Å²) in [7, 11) is 0. The number of nitrogens with one attached hydrogen (secondary N) is 1. The maximum Gasteiger partial charge on any atom is 0.0794 e. The summed E-state index contributed by atoms with van der Waals surface area (Å²) in [6.45, 7) is 6.42. The quantitative estimate of drug-likeness (QED) is 0.847. The lowest BCUT2D eigenvalue weighted by molar-refractivity contribution is 0.0954. The number of aromatic nitrogens is 1. The molecule has 1 aliphatic rings.